The molecule has 3 heterocycles. The topological polar surface area (TPSA) is 113 Å². The Kier molecular flexibility index (Phi) is 5.88. The van der Waals surface area contributed by atoms with E-state index in [4.69, 9.17) is 9.47 Å². The number of sulfonamides is 1. The van der Waals surface area contributed by atoms with Crippen LogP contribution in [0, 0.1) is 5.92 Å². The molecular formula is C20H26N2O7S. The lowest BCUT2D eigenvalue weighted by Gasteiger charge is -2.33. The van der Waals surface area contributed by atoms with Crippen LogP contribution in [0.25, 0.3) is 0 Å². The molecule has 4 rings (SSSR count). The Hall–Kier alpha value is -2.33. The molecule has 2 saturated heterocycles. The number of amides is 1. The van der Waals surface area contributed by atoms with E-state index in [0.29, 0.717) is 56.9 Å². The standard InChI is InChI=1S/C20H26N2O7S/c23-19(22-8-1-3-16(22)20(24)25)14-6-9-21(10-7-14)30(26,27)15-4-5-17-18(13-15)29-12-2-11-28-17/h4-5,13-14,16H,1-3,6-12H2,(H,24,25). The average molecular weight is 439 g/mol. The van der Waals surface area contributed by atoms with Gasteiger partial charge in [0.05, 0.1) is 18.1 Å². The molecule has 10 heteroatoms. The van der Waals surface area contributed by atoms with Gasteiger partial charge in [-0.05, 0) is 37.8 Å². The van der Waals surface area contributed by atoms with Gasteiger partial charge in [-0.3, -0.25) is 4.79 Å². The summed E-state index contributed by atoms with van der Waals surface area (Å²) in [6.45, 7) is 1.89. The molecule has 1 aromatic rings. The van der Waals surface area contributed by atoms with Crippen LogP contribution in [0.3, 0.4) is 0 Å². The average Bonchev–Trinajstić information content (AvgIpc) is 3.12. The van der Waals surface area contributed by atoms with E-state index in [1.807, 2.05) is 0 Å². The highest BCUT2D eigenvalue weighted by Crippen LogP contribution is 2.34. The van der Waals surface area contributed by atoms with Crippen LogP contribution in [-0.4, -0.2) is 73.5 Å². The van der Waals surface area contributed by atoms with E-state index in [1.54, 1.807) is 6.07 Å². The lowest BCUT2D eigenvalue weighted by atomic mass is 9.96. The van der Waals surface area contributed by atoms with Gasteiger partial charge in [0, 0.05) is 38.0 Å². The van der Waals surface area contributed by atoms with Crippen LogP contribution in [0.4, 0.5) is 0 Å². The molecule has 1 amide bonds. The Bertz CT molecular complexity index is 925. The highest BCUT2D eigenvalue weighted by atomic mass is 32.2. The first kappa shape index (κ1) is 20.9. The quantitative estimate of drug-likeness (QED) is 0.754. The van der Waals surface area contributed by atoms with E-state index in [-0.39, 0.29) is 29.8 Å². The second-order valence-electron chi connectivity index (χ2n) is 7.87. The molecule has 2 fully saturated rings. The minimum absolute atomic E-state index is 0.141. The third-order valence-electron chi connectivity index (χ3n) is 5.98. The summed E-state index contributed by atoms with van der Waals surface area (Å²) < 4.78 is 38.7. The highest BCUT2D eigenvalue weighted by Gasteiger charge is 2.39. The third-order valence-corrected chi connectivity index (χ3v) is 7.88. The summed E-state index contributed by atoms with van der Waals surface area (Å²) >= 11 is 0. The van der Waals surface area contributed by atoms with E-state index in [1.165, 1.54) is 21.3 Å². The summed E-state index contributed by atoms with van der Waals surface area (Å²) in [6, 6.07) is 3.86. The molecule has 0 saturated carbocycles. The first-order valence-electron chi connectivity index (χ1n) is 10.3. The molecule has 0 radical (unpaired) electrons. The Morgan fingerprint density at radius 1 is 0.967 bits per heavy atom. The van der Waals surface area contributed by atoms with E-state index < -0.39 is 22.0 Å². The maximum atomic E-state index is 13.1. The zero-order chi connectivity index (χ0) is 21.3. The second-order valence-corrected chi connectivity index (χ2v) is 9.80. The Labute approximate surface area is 175 Å². The van der Waals surface area contributed by atoms with Gasteiger partial charge >= 0.3 is 5.97 Å². The number of ether oxygens (including phenoxy) is 2. The zero-order valence-electron chi connectivity index (χ0n) is 16.7. The number of nitrogens with zero attached hydrogens (tertiary/aromatic N) is 2. The molecule has 1 unspecified atom stereocenters. The van der Waals surface area contributed by atoms with Crippen molar-refractivity contribution in [3.8, 4) is 11.5 Å². The van der Waals surface area contributed by atoms with Crippen LogP contribution in [-0.2, 0) is 19.6 Å². The van der Waals surface area contributed by atoms with Crippen LogP contribution in [0.1, 0.15) is 32.1 Å². The van der Waals surface area contributed by atoms with Gasteiger partial charge in [-0.2, -0.15) is 4.31 Å². The number of carboxylic acids is 1. The summed E-state index contributed by atoms with van der Waals surface area (Å²) in [5.41, 5.74) is 0. The number of rotatable bonds is 4. The van der Waals surface area contributed by atoms with E-state index >= 15 is 0 Å². The fraction of sp³-hybridized carbons (Fsp3) is 0.600. The highest BCUT2D eigenvalue weighted by molar-refractivity contribution is 7.89. The van der Waals surface area contributed by atoms with Gasteiger partial charge in [-0.25, -0.2) is 13.2 Å². The van der Waals surface area contributed by atoms with Crippen LogP contribution in [0.15, 0.2) is 23.1 Å². The molecule has 1 atom stereocenters. The third kappa shape index (κ3) is 3.98. The Balaban J connectivity index is 1.43. The van der Waals surface area contributed by atoms with Gasteiger partial charge in [0.2, 0.25) is 15.9 Å². The number of aliphatic carboxylic acids is 1. The van der Waals surface area contributed by atoms with Gasteiger partial charge < -0.3 is 19.5 Å². The van der Waals surface area contributed by atoms with Gasteiger partial charge in [0.25, 0.3) is 0 Å². The number of hydrogen-bond acceptors (Lipinski definition) is 6. The van der Waals surface area contributed by atoms with Crippen molar-refractivity contribution in [1.82, 2.24) is 9.21 Å². The number of fused-ring (bicyclic) bond motifs is 1. The van der Waals surface area contributed by atoms with Gasteiger partial charge in [-0.1, -0.05) is 0 Å². The van der Waals surface area contributed by atoms with Crippen molar-refractivity contribution in [2.75, 3.05) is 32.8 Å². The number of carbonyl (C=O) groups excluding carboxylic acids is 1. The largest absolute Gasteiger partial charge is 0.490 e. The van der Waals surface area contributed by atoms with Crippen molar-refractivity contribution in [3.05, 3.63) is 18.2 Å². The van der Waals surface area contributed by atoms with Crippen LogP contribution < -0.4 is 9.47 Å². The van der Waals surface area contributed by atoms with E-state index in [0.717, 1.165) is 6.42 Å². The van der Waals surface area contributed by atoms with Gasteiger partial charge in [-0.15, -0.1) is 0 Å². The predicted octanol–water partition coefficient (Wildman–Crippen LogP) is 1.32. The van der Waals surface area contributed by atoms with Gasteiger partial charge in [0.1, 0.15) is 6.04 Å². The molecule has 0 bridgehead atoms. The summed E-state index contributed by atoms with van der Waals surface area (Å²) in [4.78, 5) is 25.7. The van der Waals surface area contributed by atoms with Gasteiger partial charge in [0.15, 0.2) is 11.5 Å². The molecule has 1 aromatic carbocycles. The smallest absolute Gasteiger partial charge is 0.326 e. The molecule has 30 heavy (non-hydrogen) atoms. The van der Waals surface area contributed by atoms with E-state index in [9.17, 15) is 23.1 Å². The summed E-state index contributed by atoms with van der Waals surface area (Å²) in [5, 5.41) is 9.31. The Morgan fingerprint density at radius 3 is 2.37 bits per heavy atom. The number of likely N-dealkylation sites (tertiary alicyclic amines) is 1. The molecule has 3 aliphatic rings. The number of carbonyl (C=O) groups is 2. The number of hydrogen-bond donors (Lipinski definition) is 1. The SMILES string of the molecule is O=C(O)C1CCCN1C(=O)C1CCN(S(=O)(=O)c2ccc3c(c2)OCCCO3)CC1. The first-order valence-corrected chi connectivity index (χ1v) is 11.7. The molecular weight excluding hydrogens is 412 g/mol. The van der Waals surface area contributed by atoms with Crippen LogP contribution in [0.5, 0.6) is 11.5 Å². The fourth-order valence-electron chi connectivity index (χ4n) is 4.32. The van der Waals surface area contributed by atoms with Crippen molar-refractivity contribution >= 4 is 21.9 Å². The lowest BCUT2D eigenvalue weighted by Crippen LogP contribution is -2.47. The normalized spacial score (nSPS) is 23.2. The summed E-state index contributed by atoms with van der Waals surface area (Å²) in [7, 11) is -3.72. The molecule has 3 aliphatic heterocycles. The predicted molar refractivity (Wildman–Crippen MR) is 106 cm³/mol. The number of piperidine rings is 1. The second kappa shape index (κ2) is 8.43. The van der Waals surface area contributed by atoms with Crippen LogP contribution in [0.2, 0.25) is 0 Å². The number of carboxylic acid groups (broad SMARTS) is 1. The monoisotopic (exact) mass is 438 g/mol. The fourth-order valence-corrected chi connectivity index (χ4v) is 5.80. The number of benzene rings is 1. The Morgan fingerprint density at radius 2 is 1.67 bits per heavy atom. The molecule has 0 aromatic heterocycles. The molecule has 1 N–H and O–H groups in total. The zero-order valence-corrected chi connectivity index (χ0v) is 17.5. The van der Waals surface area contributed by atoms with Crippen molar-refractivity contribution in [2.45, 2.75) is 43.0 Å². The maximum Gasteiger partial charge on any atom is 0.326 e. The summed E-state index contributed by atoms with van der Waals surface area (Å²) in [6.07, 6.45) is 2.65. The molecule has 0 aliphatic carbocycles. The van der Waals surface area contributed by atoms with Crippen molar-refractivity contribution in [2.24, 2.45) is 5.92 Å². The lowest BCUT2D eigenvalue weighted by molar-refractivity contribution is -0.150. The van der Waals surface area contributed by atoms with Crippen LogP contribution >= 0.6 is 0 Å². The first-order chi connectivity index (χ1) is 14.4. The van der Waals surface area contributed by atoms with E-state index in [2.05, 4.69) is 0 Å². The maximum absolute atomic E-state index is 13.1. The van der Waals surface area contributed by atoms with Crippen molar-refractivity contribution in [3.63, 3.8) is 0 Å². The van der Waals surface area contributed by atoms with Crippen molar-refractivity contribution < 1.29 is 32.6 Å². The minimum Gasteiger partial charge on any atom is -0.490 e. The molecule has 164 valence electrons. The summed E-state index contributed by atoms with van der Waals surface area (Å²) in [5.74, 6) is -0.537. The molecule has 0 spiro atoms. The molecule has 9 nitrogen and oxygen atoms in total. The van der Waals surface area contributed by atoms with Crippen molar-refractivity contribution in [1.29, 1.82) is 0 Å². The minimum atomic E-state index is -3.72.